The number of hydrogen-bond acceptors (Lipinski definition) is 5. The largest absolute Gasteiger partial charge is 0.465 e. The molecule has 1 aromatic rings. The number of carbonyl (C=O) groups is 2. The standard InChI is InChI=1S/C16H17BrClF2NO3S.C5H6N2O2/c17-11-2-4-14(13(18)8-11)25(23,24)12-3-1-10(7-12)15(22)21-6-5-16(19,20)9-21;6-3-5(1-2-5)7-4(8)9/h2,4,8,10,12H,1,3,5-7,9H2;7H,1-2H2,(H,8,9)/t10-,12-;/m1./s1. The van der Waals surface area contributed by atoms with E-state index in [-0.39, 0.29) is 35.2 Å². The lowest BCUT2D eigenvalue weighted by molar-refractivity contribution is -0.135. The first-order valence-corrected chi connectivity index (χ1v) is 13.3. The Hall–Kier alpha value is -1.97. The quantitative estimate of drug-likeness (QED) is 0.547. The molecule has 0 radical (unpaired) electrons. The van der Waals surface area contributed by atoms with Crippen molar-refractivity contribution in [2.24, 2.45) is 5.92 Å². The zero-order valence-electron chi connectivity index (χ0n) is 17.9. The summed E-state index contributed by atoms with van der Waals surface area (Å²) in [5, 5.41) is 18.0. The molecule has 2 amide bonds. The van der Waals surface area contributed by atoms with Gasteiger partial charge in [-0.1, -0.05) is 27.5 Å². The number of amides is 2. The van der Waals surface area contributed by atoms with Crippen LogP contribution in [-0.2, 0) is 14.6 Å². The second-order valence-electron chi connectivity index (χ2n) is 8.74. The van der Waals surface area contributed by atoms with E-state index in [1.807, 2.05) is 6.07 Å². The van der Waals surface area contributed by atoms with Gasteiger partial charge in [-0.3, -0.25) is 4.79 Å². The molecule has 4 rings (SSSR count). The SMILES string of the molecule is N#CC1(NC(=O)O)CC1.O=C([C@@H]1CC[C@@H](S(=O)(=O)c2ccc(Br)cc2Cl)C1)N1CCC(F)(F)C1. The Kier molecular flexibility index (Phi) is 7.79. The molecule has 0 aromatic heterocycles. The van der Waals surface area contributed by atoms with E-state index in [0.717, 1.165) is 4.90 Å². The molecule has 1 heterocycles. The molecule has 2 saturated carbocycles. The van der Waals surface area contributed by atoms with Crippen molar-refractivity contribution in [3.05, 3.63) is 27.7 Å². The minimum Gasteiger partial charge on any atom is -0.465 e. The first-order chi connectivity index (χ1) is 15.8. The van der Waals surface area contributed by atoms with E-state index in [1.54, 1.807) is 6.07 Å². The molecule has 1 aliphatic heterocycles. The number of carboxylic acid groups (broad SMARTS) is 1. The summed E-state index contributed by atoms with van der Waals surface area (Å²) in [6, 6.07) is 6.45. The number of hydrogen-bond donors (Lipinski definition) is 2. The molecule has 1 aromatic carbocycles. The monoisotopic (exact) mass is 581 g/mol. The highest BCUT2D eigenvalue weighted by molar-refractivity contribution is 9.10. The van der Waals surface area contributed by atoms with Crippen LogP contribution >= 0.6 is 27.5 Å². The molecule has 1 saturated heterocycles. The lowest BCUT2D eigenvalue weighted by Gasteiger charge is -2.20. The normalized spacial score (nSPS) is 24.5. The third kappa shape index (κ3) is 6.17. The molecule has 0 bridgehead atoms. The summed E-state index contributed by atoms with van der Waals surface area (Å²) in [6.45, 7) is -0.545. The lowest BCUT2D eigenvalue weighted by Crippen LogP contribution is -2.35. The first kappa shape index (κ1) is 26.6. The van der Waals surface area contributed by atoms with Gasteiger partial charge < -0.3 is 15.3 Å². The van der Waals surface area contributed by atoms with Gasteiger partial charge in [-0.2, -0.15) is 5.26 Å². The van der Waals surface area contributed by atoms with Gasteiger partial charge in [0.1, 0.15) is 5.54 Å². The van der Waals surface area contributed by atoms with E-state index in [9.17, 15) is 26.8 Å². The highest BCUT2D eigenvalue weighted by Gasteiger charge is 2.46. The summed E-state index contributed by atoms with van der Waals surface area (Å²) in [4.78, 5) is 23.6. The molecule has 0 unspecified atom stereocenters. The van der Waals surface area contributed by atoms with Crippen LogP contribution in [0.4, 0.5) is 13.6 Å². The fraction of sp³-hybridized carbons (Fsp3) is 0.571. The van der Waals surface area contributed by atoms with Crippen molar-refractivity contribution in [1.82, 2.24) is 10.2 Å². The number of alkyl halides is 2. The van der Waals surface area contributed by atoms with Crippen molar-refractivity contribution in [1.29, 1.82) is 5.26 Å². The molecular formula is C21H23BrClF2N3O5S. The van der Waals surface area contributed by atoms with E-state index in [1.165, 1.54) is 12.1 Å². The summed E-state index contributed by atoms with van der Waals surface area (Å²) in [5.41, 5.74) is -0.730. The summed E-state index contributed by atoms with van der Waals surface area (Å²) in [6.07, 6.45) is 0.714. The fourth-order valence-corrected chi connectivity index (χ4v) is 6.98. The van der Waals surface area contributed by atoms with Crippen molar-refractivity contribution < 1.29 is 31.9 Å². The number of likely N-dealkylation sites (tertiary alicyclic amines) is 1. The van der Waals surface area contributed by atoms with Gasteiger partial charge in [-0.15, -0.1) is 0 Å². The number of nitriles is 1. The van der Waals surface area contributed by atoms with Crippen LogP contribution in [-0.4, -0.2) is 60.2 Å². The molecule has 3 fully saturated rings. The van der Waals surface area contributed by atoms with Crippen LogP contribution in [0.2, 0.25) is 5.02 Å². The number of halogens is 4. The minimum atomic E-state index is -3.67. The van der Waals surface area contributed by atoms with Crippen LogP contribution in [0.5, 0.6) is 0 Å². The van der Waals surface area contributed by atoms with Crippen LogP contribution in [0.15, 0.2) is 27.6 Å². The highest BCUT2D eigenvalue weighted by Crippen LogP contribution is 2.39. The average molecular weight is 583 g/mol. The summed E-state index contributed by atoms with van der Waals surface area (Å²) >= 11 is 9.29. The van der Waals surface area contributed by atoms with Gasteiger partial charge in [-0.25, -0.2) is 22.0 Å². The molecule has 2 atom stereocenters. The van der Waals surface area contributed by atoms with Crippen LogP contribution in [0.1, 0.15) is 38.5 Å². The molecule has 3 aliphatic rings. The predicted molar refractivity (Wildman–Crippen MR) is 122 cm³/mol. The number of carbonyl (C=O) groups excluding carboxylic acids is 1. The Labute approximate surface area is 209 Å². The van der Waals surface area contributed by atoms with Crippen molar-refractivity contribution >= 4 is 49.4 Å². The van der Waals surface area contributed by atoms with Gasteiger partial charge in [0, 0.05) is 23.4 Å². The molecule has 2 N–H and O–H groups in total. The first-order valence-electron chi connectivity index (χ1n) is 10.6. The van der Waals surface area contributed by atoms with E-state index in [2.05, 4.69) is 21.2 Å². The molecule has 13 heteroatoms. The zero-order valence-corrected chi connectivity index (χ0v) is 21.1. The molecule has 34 heavy (non-hydrogen) atoms. The third-order valence-corrected chi connectivity index (χ3v) is 9.36. The fourth-order valence-electron chi connectivity index (χ4n) is 4.11. The van der Waals surface area contributed by atoms with Gasteiger partial charge in [0.05, 0.1) is 27.8 Å². The maximum absolute atomic E-state index is 13.3. The maximum atomic E-state index is 13.3. The number of sulfone groups is 1. The van der Waals surface area contributed by atoms with Crippen LogP contribution in [0, 0.1) is 17.2 Å². The number of nitrogens with one attached hydrogen (secondary N) is 1. The Morgan fingerprint density at radius 2 is 1.94 bits per heavy atom. The van der Waals surface area contributed by atoms with Crippen LogP contribution < -0.4 is 5.32 Å². The van der Waals surface area contributed by atoms with Crippen molar-refractivity contribution in [3.63, 3.8) is 0 Å². The van der Waals surface area contributed by atoms with Gasteiger partial charge >= 0.3 is 6.09 Å². The van der Waals surface area contributed by atoms with Crippen molar-refractivity contribution in [3.8, 4) is 6.07 Å². The number of benzene rings is 1. The van der Waals surface area contributed by atoms with Crippen molar-refractivity contribution in [2.75, 3.05) is 13.1 Å². The highest BCUT2D eigenvalue weighted by atomic mass is 79.9. The van der Waals surface area contributed by atoms with Gasteiger partial charge in [0.2, 0.25) is 5.91 Å². The molecule has 186 valence electrons. The van der Waals surface area contributed by atoms with E-state index in [0.29, 0.717) is 30.2 Å². The number of nitrogens with zero attached hydrogens (tertiary/aromatic N) is 2. The lowest BCUT2D eigenvalue weighted by atomic mass is 10.1. The summed E-state index contributed by atoms with van der Waals surface area (Å²) < 4.78 is 52.9. The van der Waals surface area contributed by atoms with Crippen molar-refractivity contribution in [2.45, 2.75) is 60.1 Å². The summed E-state index contributed by atoms with van der Waals surface area (Å²) in [5.74, 6) is -3.73. The Bertz CT molecular complexity index is 1120. The molecule has 0 spiro atoms. The Balaban J connectivity index is 0.000000302. The minimum absolute atomic E-state index is 0.0261. The average Bonchev–Trinajstić information content (AvgIpc) is 3.16. The molecule has 8 nitrogen and oxygen atoms in total. The van der Waals surface area contributed by atoms with Crippen LogP contribution in [0.3, 0.4) is 0 Å². The third-order valence-electron chi connectivity index (χ3n) is 6.16. The zero-order chi connectivity index (χ0) is 25.3. The topological polar surface area (TPSA) is 128 Å². The van der Waals surface area contributed by atoms with Gasteiger partial charge in [-0.05, 0) is 50.3 Å². The summed E-state index contributed by atoms with van der Waals surface area (Å²) in [7, 11) is -3.67. The van der Waals surface area contributed by atoms with Crippen LogP contribution in [0.25, 0.3) is 0 Å². The second kappa shape index (κ2) is 9.95. The van der Waals surface area contributed by atoms with Gasteiger partial charge in [0.15, 0.2) is 9.84 Å². The Morgan fingerprint density at radius 3 is 2.41 bits per heavy atom. The van der Waals surface area contributed by atoms with E-state index in [4.69, 9.17) is 22.0 Å². The number of rotatable bonds is 4. The molecule has 2 aliphatic carbocycles. The molecular weight excluding hydrogens is 560 g/mol. The maximum Gasteiger partial charge on any atom is 0.405 e. The second-order valence-corrected chi connectivity index (χ2v) is 12.3. The van der Waals surface area contributed by atoms with E-state index < -0.39 is 45.1 Å². The smallest absolute Gasteiger partial charge is 0.405 e. The van der Waals surface area contributed by atoms with E-state index >= 15 is 0 Å². The van der Waals surface area contributed by atoms with Gasteiger partial charge in [0.25, 0.3) is 5.92 Å². The predicted octanol–water partition coefficient (Wildman–Crippen LogP) is 4.22. The Morgan fingerprint density at radius 1 is 1.26 bits per heavy atom.